The molecule has 9 heteroatoms. The van der Waals surface area contributed by atoms with Gasteiger partial charge in [-0.2, -0.15) is 5.10 Å². The van der Waals surface area contributed by atoms with Crippen LogP contribution in [-0.4, -0.2) is 29.6 Å². The summed E-state index contributed by atoms with van der Waals surface area (Å²) in [6, 6.07) is 11.8. The fourth-order valence-corrected chi connectivity index (χ4v) is 1.77. The van der Waals surface area contributed by atoms with Crippen molar-refractivity contribution in [2.24, 2.45) is 10.8 Å². The Kier molecular flexibility index (Phi) is 5.77. The zero-order valence-corrected chi connectivity index (χ0v) is 12.9. The van der Waals surface area contributed by atoms with Gasteiger partial charge in [-0.25, -0.2) is 5.43 Å². The van der Waals surface area contributed by atoms with E-state index >= 15 is 0 Å². The normalized spacial score (nSPS) is 10.4. The maximum Gasteiger partial charge on any atom is 0.271 e. The van der Waals surface area contributed by atoms with Crippen LogP contribution in [0.15, 0.2) is 53.6 Å². The summed E-state index contributed by atoms with van der Waals surface area (Å²) in [5.74, 6) is -0.633. The Labute approximate surface area is 142 Å². The molecule has 0 bridgehead atoms. The number of hydrazone groups is 1. The molecule has 0 atom stereocenters. The number of hydrogen-bond donors (Lipinski definition) is 2. The summed E-state index contributed by atoms with van der Waals surface area (Å²) in [7, 11) is 0. The molecule has 0 unspecified atom stereocenters. The third-order valence-electron chi connectivity index (χ3n) is 2.98. The number of amides is 2. The highest BCUT2D eigenvalue weighted by Gasteiger charge is 2.05. The lowest BCUT2D eigenvalue weighted by Gasteiger charge is -2.04. The first-order chi connectivity index (χ1) is 12.0. The fourth-order valence-electron chi connectivity index (χ4n) is 1.77. The van der Waals surface area contributed by atoms with Crippen LogP contribution in [0.1, 0.15) is 15.9 Å². The van der Waals surface area contributed by atoms with Crippen molar-refractivity contribution in [3.05, 3.63) is 69.8 Å². The predicted molar refractivity (Wildman–Crippen MR) is 89.3 cm³/mol. The van der Waals surface area contributed by atoms with E-state index in [0.717, 1.165) is 0 Å². The Bertz CT molecular complexity index is 800. The van der Waals surface area contributed by atoms with E-state index in [1.165, 1.54) is 54.7 Å². The van der Waals surface area contributed by atoms with Gasteiger partial charge in [0.15, 0.2) is 6.61 Å². The molecule has 0 aromatic heterocycles. The van der Waals surface area contributed by atoms with Crippen LogP contribution in [0.4, 0.5) is 5.69 Å². The van der Waals surface area contributed by atoms with E-state index in [2.05, 4.69) is 10.5 Å². The highest BCUT2D eigenvalue weighted by Crippen LogP contribution is 2.12. The van der Waals surface area contributed by atoms with Crippen molar-refractivity contribution in [1.82, 2.24) is 5.43 Å². The lowest BCUT2D eigenvalue weighted by molar-refractivity contribution is -0.384. The molecule has 0 aliphatic carbocycles. The number of rotatable bonds is 7. The second kappa shape index (κ2) is 8.20. The van der Waals surface area contributed by atoms with Crippen molar-refractivity contribution in [3.8, 4) is 5.75 Å². The van der Waals surface area contributed by atoms with Crippen molar-refractivity contribution in [3.63, 3.8) is 0 Å². The number of nitro groups is 1. The summed E-state index contributed by atoms with van der Waals surface area (Å²) >= 11 is 0. The Morgan fingerprint density at radius 3 is 2.36 bits per heavy atom. The van der Waals surface area contributed by atoms with Gasteiger partial charge in [-0.3, -0.25) is 19.7 Å². The number of nitrogens with one attached hydrogen (secondary N) is 1. The second-order valence-electron chi connectivity index (χ2n) is 4.83. The third-order valence-corrected chi connectivity index (χ3v) is 2.98. The molecular weight excluding hydrogens is 328 g/mol. The van der Waals surface area contributed by atoms with Crippen LogP contribution in [-0.2, 0) is 4.79 Å². The molecule has 0 fully saturated rings. The van der Waals surface area contributed by atoms with Gasteiger partial charge in [0.1, 0.15) is 5.75 Å². The van der Waals surface area contributed by atoms with Gasteiger partial charge in [0, 0.05) is 17.7 Å². The van der Waals surface area contributed by atoms with Crippen molar-refractivity contribution in [2.75, 3.05) is 6.61 Å². The zero-order valence-electron chi connectivity index (χ0n) is 12.9. The number of primary amides is 1. The van der Waals surface area contributed by atoms with Gasteiger partial charge in [-0.15, -0.1) is 0 Å². The molecule has 25 heavy (non-hydrogen) atoms. The van der Waals surface area contributed by atoms with E-state index in [1.807, 2.05) is 0 Å². The molecular formula is C16H14N4O5. The number of nitrogens with zero attached hydrogens (tertiary/aromatic N) is 2. The minimum absolute atomic E-state index is 0.0279. The van der Waals surface area contributed by atoms with E-state index in [4.69, 9.17) is 10.5 Å². The minimum atomic E-state index is -0.595. The molecule has 0 heterocycles. The average Bonchev–Trinajstić information content (AvgIpc) is 2.60. The zero-order chi connectivity index (χ0) is 18.2. The number of ether oxygens (including phenoxy) is 1. The summed E-state index contributed by atoms with van der Waals surface area (Å²) in [6.45, 7) is -0.245. The highest BCUT2D eigenvalue weighted by molar-refractivity contribution is 5.95. The average molecular weight is 342 g/mol. The van der Waals surface area contributed by atoms with Crippen molar-refractivity contribution < 1.29 is 19.2 Å². The van der Waals surface area contributed by atoms with E-state index in [1.54, 1.807) is 0 Å². The quantitative estimate of drug-likeness (QED) is 0.443. The number of hydrogen-bond acceptors (Lipinski definition) is 6. The monoisotopic (exact) mass is 342 g/mol. The summed E-state index contributed by atoms with van der Waals surface area (Å²) in [5, 5.41) is 14.3. The molecule has 0 spiro atoms. The van der Waals surface area contributed by atoms with Gasteiger partial charge in [0.25, 0.3) is 17.5 Å². The van der Waals surface area contributed by atoms with E-state index in [9.17, 15) is 19.7 Å². The number of carbonyl (C=O) groups is 2. The standard InChI is InChI=1S/C16H14N4O5/c17-15(21)10-25-14-7-3-12(4-8-14)16(22)19-18-9-11-1-5-13(6-2-11)20(23)24/h1-9H,10H2,(H2,17,21)(H,19,22)/b18-9-. The van der Waals surface area contributed by atoms with E-state index < -0.39 is 16.7 Å². The first kappa shape index (κ1) is 17.6. The molecule has 3 N–H and O–H groups in total. The summed E-state index contributed by atoms with van der Waals surface area (Å²) in [4.78, 5) is 32.6. The Morgan fingerprint density at radius 2 is 1.80 bits per heavy atom. The smallest absolute Gasteiger partial charge is 0.271 e. The molecule has 9 nitrogen and oxygen atoms in total. The summed E-state index contributed by atoms with van der Waals surface area (Å²) in [6.07, 6.45) is 1.37. The highest BCUT2D eigenvalue weighted by atomic mass is 16.6. The Hall–Kier alpha value is -3.75. The van der Waals surface area contributed by atoms with Gasteiger partial charge in [-0.1, -0.05) is 0 Å². The van der Waals surface area contributed by atoms with Crippen molar-refractivity contribution >= 4 is 23.7 Å². The van der Waals surface area contributed by atoms with Crippen LogP contribution in [0.5, 0.6) is 5.75 Å². The second-order valence-corrected chi connectivity index (χ2v) is 4.83. The van der Waals surface area contributed by atoms with Gasteiger partial charge < -0.3 is 10.5 Å². The predicted octanol–water partition coefficient (Wildman–Crippen LogP) is 1.22. The van der Waals surface area contributed by atoms with Gasteiger partial charge in [0.05, 0.1) is 11.1 Å². The Balaban J connectivity index is 1.90. The van der Waals surface area contributed by atoms with Crippen molar-refractivity contribution in [2.45, 2.75) is 0 Å². The number of non-ortho nitro benzene ring substituents is 1. The summed E-state index contributed by atoms with van der Waals surface area (Å²) < 4.78 is 5.08. The van der Waals surface area contributed by atoms with Crippen LogP contribution in [0.25, 0.3) is 0 Å². The number of nitro benzene ring substituents is 1. The number of benzene rings is 2. The molecule has 0 saturated carbocycles. The number of nitrogens with two attached hydrogens (primary N) is 1. The van der Waals surface area contributed by atoms with Gasteiger partial charge in [0.2, 0.25) is 0 Å². The third kappa shape index (κ3) is 5.43. The lowest BCUT2D eigenvalue weighted by atomic mass is 10.2. The van der Waals surface area contributed by atoms with Crippen LogP contribution < -0.4 is 15.9 Å². The molecule has 0 radical (unpaired) electrons. The Morgan fingerprint density at radius 1 is 1.16 bits per heavy atom. The van der Waals surface area contributed by atoms with Crippen LogP contribution in [0.2, 0.25) is 0 Å². The molecule has 128 valence electrons. The number of carbonyl (C=O) groups excluding carboxylic acids is 2. The van der Waals surface area contributed by atoms with Crippen molar-refractivity contribution in [1.29, 1.82) is 0 Å². The summed E-state index contributed by atoms with van der Waals surface area (Å²) in [5.41, 5.74) is 8.21. The topological polar surface area (TPSA) is 137 Å². The largest absolute Gasteiger partial charge is 0.484 e. The maximum absolute atomic E-state index is 11.9. The van der Waals surface area contributed by atoms with Gasteiger partial charge >= 0.3 is 0 Å². The molecule has 2 aromatic rings. The molecule has 0 saturated heterocycles. The maximum atomic E-state index is 11.9. The van der Waals surface area contributed by atoms with Crippen LogP contribution in [0, 0.1) is 10.1 Å². The van der Waals surface area contributed by atoms with Crippen LogP contribution in [0.3, 0.4) is 0 Å². The molecule has 0 aliphatic rings. The minimum Gasteiger partial charge on any atom is -0.484 e. The molecule has 2 rings (SSSR count). The first-order valence-corrected chi connectivity index (χ1v) is 7.05. The van der Waals surface area contributed by atoms with Crippen LogP contribution >= 0.6 is 0 Å². The molecule has 2 amide bonds. The van der Waals surface area contributed by atoms with Gasteiger partial charge in [-0.05, 0) is 42.0 Å². The molecule has 0 aliphatic heterocycles. The fraction of sp³-hybridized carbons (Fsp3) is 0.0625. The van der Waals surface area contributed by atoms with E-state index in [-0.39, 0.29) is 12.3 Å². The van der Waals surface area contributed by atoms with E-state index in [0.29, 0.717) is 16.9 Å². The lowest BCUT2D eigenvalue weighted by Crippen LogP contribution is -2.20. The molecule has 2 aromatic carbocycles. The SMILES string of the molecule is NC(=O)COc1ccc(C(=O)N/N=C\c2ccc([N+](=O)[O-])cc2)cc1. The first-order valence-electron chi connectivity index (χ1n) is 7.05.